The maximum absolute atomic E-state index is 12.8. The number of aromatic amines is 1. The van der Waals surface area contributed by atoms with Crippen LogP contribution in [0.2, 0.25) is 0 Å². The van der Waals surface area contributed by atoms with Crippen molar-refractivity contribution in [1.29, 1.82) is 0 Å². The van der Waals surface area contributed by atoms with Crippen molar-refractivity contribution >= 4 is 28.6 Å². The summed E-state index contributed by atoms with van der Waals surface area (Å²) in [5, 5.41) is 6.50. The van der Waals surface area contributed by atoms with Gasteiger partial charge >= 0.3 is 6.18 Å². The largest absolute Gasteiger partial charge is 0.416 e. The third-order valence-electron chi connectivity index (χ3n) is 5.94. The summed E-state index contributed by atoms with van der Waals surface area (Å²) < 4.78 is 38.3. The first kappa shape index (κ1) is 22.1. The fourth-order valence-corrected chi connectivity index (χ4v) is 4.15. The van der Waals surface area contributed by atoms with E-state index in [-0.39, 0.29) is 6.04 Å². The Morgan fingerprint density at radius 2 is 1.71 bits per heavy atom. The number of H-pyrrole nitrogens is 1. The minimum Gasteiger partial charge on any atom is -0.365 e. The Morgan fingerprint density at radius 3 is 2.41 bits per heavy atom. The van der Waals surface area contributed by atoms with E-state index in [9.17, 15) is 13.2 Å². The second kappa shape index (κ2) is 9.30. The number of rotatable bonds is 6. The van der Waals surface area contributed by atoms with E-state index in [2.05, 4.69) is 59.7 Å². The molecule has 1 saturated heterocycles. The molecule has 10 heteroatoms. The summed E-state index contributed by atoms with van der Waals surface area (Å²) in [7, 11) is 0. The van der Waals surface area contributed by atoms with Gasteiger partial charge in [-0.1, -0.05) is 30.3 Å². The third-order valence-corrected chi connectivity index (χ3v) is 5.94. The summed E-state index contributed by atoms with van der Waals surface area (Å²) in [4.78, 5) is 18.6. The Labute approximate surface area is 194 Å². The van der Waals surface area contributed by atoms with E-state index in [0.717, 1.165) is 44.6 Å². The van der Waals surface area contributed by atoms with Gasteiger partial charge in [0.2, 0.25) is 5.95 Å². The lowest BCUT2D eigenvalue weighted by Gasteiger charge is -2.32. The van der Waals surface area contributed by atoms with Gasteiger partial charge in [-0.15, -0.1) is 0 Å². The number of anilines is 3. The summed E-state index contributed by atoms with van der Waals surface area (Å²) in [5.41, 5.74) is 2.24. The summed E-state index contributed by atoms with van der Waals surface area (Å²) in [6.07, 6.45) is -0.935. The number of alkyl halides is 3. The number of imidazole rings is 1. The monoisotopic (exact) mass is 467 g/mol. The van der Waals surface area contributed by atoms with Gasteiger partial charge < -0.3 is 15.6 Å². The number of piperidine rings is 1. The third kappa shape index (κ3) is 5.12. The van der Waals surface area contributed by atoms with E-state index in [1.54, 1.807) is 0 Å². The molecule has 1 fully saturated rings. The predicted octanol–water partition coefficient (Wildman–Crippen LogP) is 5.19. The molecule has 3 N–H and O–H groups in total. The van der Waals surface area contributed by atoms with Crippen molar-refractivity contribution in [3.8, 4) is 0 Å². The molecule has 0 amide bonds. The number of likely N-dealkylation sites (tertiary alicyclic amines) is 1. The van der Waals surface area contributed by atoms with Crippen LogP contribution < -0.4 is 10.6 Å². The van der Waals surface area contributed by atoms with Crippen molar-refractivity contribution in [3.63, 3.8) is 0 Å². The van der Waals surface area contributed by atoms with Gasteiger partial charge in [0.05, 0.1) is 5.56 Å². The van der Waals surface area contributed by atoms with Crippen LogP contribution in [0.3, 0.4) is 0 Å². The molecule has 2 aromatic carbocycles. The molecule has 34 heavy (non-hydrogen) atoms. The molecule has 2 aromatic heterocycles. The first-order chi connectivity index (χ1) is 16.4. The van der Waals surface area contributed by atoms with Crippen LogP contribution in [0.5, 0.6) is 0 Å². The molecule has 7 nitrogen and oxygen atoms in total. The number of benzene rings is 2. The molecule has 0 radical (unpaired) electrons. The molecule has 4 aromatic rings. The van der Waals surface area contributed by atoms with Crippen LogP contribution in [0.15, 0.2) is 60.9 Å². The maximum Gasteiger partial charge on any atom is 0.416 e. The normalized spacial score (nSPS) is 15.5. The van der Waals surface area contributed by atoms with Gasteiger partial charge in [-0.05, 0) is 42.7 Å². The second-order valence-corrected chi connectivity index (χ2v) is 8.39. The number of nitrogens with one attached hydrogen (secondary N) is 3. The highest BCUT2D eigenvalue weighted by Crippen LogP contribution is 2.30. The Kier molecular flexibility index (Phi) is 6.06. The van der Waals surface area contributed by atoms with Crippen molar-refractivity contribution in [3.05, 3.63) is 72.1 Å². The standard InChI is InChI=1S/C24H24F3N7/c25-24(26,27)17-6-8-18(9-7-17)31-23-32-20-21(28-15-29-22(20)33-23)30-19-10-12-34(13-11-19)14-16-4-2-1-3-5-16/h1-9,15,19H,10-14H2,(H3,28,29,30,31,32,33). The van der Waals surface area contributed by atoms with Gasteiger partial charge in [0, 0.05) is 31.4 Å². The second-order valence-electron chi connectivity index (χ2n) is 8.39. The molecule has 0 unspecified atom stereocenters. The highest BCUT2D eigenvalue weighted by Gasteiger charge is 2.30. The first-order valence-electron chi connectivity index (χ1n) is 11.1. The summed E-state index contributed by atoms with van der Waals surface area (Å²) >= 11 is 0. The molecule has 1 aliphatic rings. The number of hydrogen-bond acceptors (Lipinski definition) is 6. The van der Waals surface area contributed by atoms with E-state index in [4.69, 9.17) is 0 Å². The smallest absolute Gasteiger partial charge is 0.365 e. The molecule has 176 valence electrons. The van der Waals surface area contributed by atoms with E-state index in [1.165, 1.54) is 24.0 Å². The maximum atomic E-state index is 12.8. The topological polar surface area (TPSA) is 81.8 Å². The molecular formula is C24H24F3N7. The molecule has 5 rings (SSSR count). The zero-order valence-corrected chi connectivity index (χ0v) is 18.3. The quantitative estimate of drug-likeness (QED) is 0.362. The average molecular weight is 467 g/mol. The van der Waals surface area contributed by atoms with E-state index in [1.807, 2.05) is 6.07 Å². The number of hydrogen-bond donors (Lipinski definition) is 3. The van der Waals surface area contributed by atoms with Crippen molar-refractivity contribution in [2.45, 2.75) is 31.6 Å². The first-order valence-corrected chi connectivity index (χ1v) is 11.1. The molecule has 0 aliphatic carbocycles. The number of halogens is 3. The number of fused-ring (bicyclic) bond motifs is 1. The van der Waals surface area contributed by atoms with Crippen molar-refractivity contribution in [2.24, 2.45) is 0 Å². The lowest BCUT2D eigenvalue weighted by atomic mass is 10.0. The van der Waals surface area contributed by atoms with Crippen molar-refractivity contribution < 1.29 is 13.2 Å². The van der Waals surface area contributed by atoms with Gasteiger partial charge in [0.15, 0.2) is 11.5 Å². The Hall–Kier alpha value is -3.66. The molecule has 1 aliphatic heterocycles. The van der Waals surface area contributed by atoms with Crippen LogP contribution in [0, 0.1) is 0 Å². The average Bonchev–Trinajstić information content (AvgIpc) is 3.24. The van der Waals surface area contributed by atoms with Crippen LogP contribution in [0.4, 0.5) is 30.6 Å². The van der Waals surface area contributed by atoms with Gasteiger partial charge in [-0.2, -0.15) is 18.2 Å². The predicted molar refractivity (Wildman–Crippen MR) is 125 cm³/mol. The zero-order valence-electron chi connectivity index (χ0n) is 18.3. The van der Waals surface area contributed by atoms with E-state index < -0.39 is 11.7 Å². The van der Waals surface area contributed by atoms with Gasteiger partial charge in [0.1, 0.15) is 11.8 Å². The van der Waals surface area contributed by atoms with Gasteiger partial charge in [-0.3, -0.25) is 4.90 Å². The minimum atomic E-state index is -4.37. The fraction of sp³-hybridized carbons (Fsp3) is 0.292. The molecule has 3 heterocycles. The Bertz CT molecular complexity index is 1230. The lowest BCUT2D eigenvalue weighted by Crippen LogP contribution is -2.38. The molecule has 0 bridgehead atoms. The Balaban J connectivity index is 1.23. The van der Waals surface area contributed by atoms with Crippen LogP contribution >= 0.6 is 0 Å². The summed E-state index contributed by atoms with van der Waals surface area (Å²) in [6.45, 7) is 2.93. The lowest BCUT2D eigenvalue weighted by molar-refractivity contribution is -0.137. The summed E-state index contributed by atoms with van der Waals surface area (Å²) in [5.74, 6) is 1.05. The van der Waals surface area contributed by atoms with Crippen LogP contribution in [-0.4, -0.2) is 44.0 Å². The Morgan fingerprint density at radius 1 is 0.971 bits per heavy atom. The van der Waals surface area contributed by atoms with Crippen molar-refractivity contribution in [2.75, 3.05) is 23.7 Å². The molecular weight excluding hydrogens is 443 g/mol. The number of nitrogens with zero attached hydrogens (tertiary/aromatic N) is 4. The van der Waals surface area contributed by atoms with Crippen molar-refractivity contribution in [1.82, 2.24) is 24.8 Å². The molecule has 0 spiro atoms. The fourth-order valence-electron chi connectivity index (χ4n) is 4.15. The number of aromatic nitrogens is 4. The minimum absolute atomic E-state index is 0.278. The van der Waals surface area contributed by atoms with Crippen LogP contribution in [0.25, 0.3) is 11.2 Å². The zero-order chi connectivity index (χ0) is 23.5. The molecule has 0 saturated carbocycles. The van der Waals surface area contributed by atoms with E-state index in [0.29, 0.717) is 28.6 Å². The van der Waals surface area contributed by atoms with Crippen LogP contribution in [-0.2, 0) is 12.7 Å². The highest BCUT2D eigenvalue weighted by molar-refractivity contribution is 5.85. The highest BCUT2D eigenvalue weighted by atomic mass is 19.4. The molecule has 0 atom stereocenters. The van der Waals surface area contributed by atoms with Gasteiger partial charge in [-0.25, -0.2) is 9.97 Å². The van der Waals surface area contributed by atoms with E-state index >= 15 is 0 Å². The summed E-state index contributed by atoms with van der Waals surface area (Å²) in [6, 6.07) is 15.5. The SMILES string of the molecule is FC(F)(F)c1ccc(Nc2nc3ncnc(NC4CCN(Cc5ccccc5)CC4)c3[nH]2)cc1. The van der Waals surface area contributed by atoms with Crippen LogP contribution in [0.1, 0.15) is 24.0 Å². The van der Waals surface area contributed by atoms with Gasteiger partial charge in [0.25, 0.3) is 0 Å².